The lowest BCUT2D eigenvalue weighted by atomic mass is 10.1. The summed E-state index contributed by atoms with van der Waals surface area (Å²) >= 11 is 6.11. The van der Waals surface area contributed by atoms with E-state index < -0.39 is 0 Å². The normalized spacial score (nSPS) is 11.3. The fourth-order valence-electron chi connectivity index (χ4n) is 2.09. The Morgan fingerprint density at radius 2 is 2.05 bits per heavy atom. The molecule has 0 aliphatic rings. The first-order chi connectivity index (χ1) is 8.99. The molecular weight excluding hydrogens is 260 g/mol. The molecule has 0 aliphatic heterocycles. The number of aryl methyl sites for hydroxylation is 2. The zero-order valence-electron chi connectivity index (χ0n) is 11.8. The average molecular weight is 279 g/mol. The first-order valence-electron chi connectivity index (χ1n) is 6.56. The summed E-state index contributed by atoms with van der Waals surface area (Å²) in [5.74, 6) is 1.21. The maximum Gasteiger partial charge on any atom is 0.164 e. The van der Waals surface area contributed by atoms with E-state index in [1.807, 2.05) is 19.3 Å². The molecular formula is C14H19ClN4. The molecule has 4 nitrogen and oxygen atoms in total. The largest absolute Gasteiger partial charge is 0.275 e. The predicted octanol–water partition coefficient (Wildman–Crippen LogP) is 3.29. The van der Waals surface area contributed by atoms with Crippen LogP contribution in [0, 0.1) is 5.92 Å². The summed E-state index contributed by atoms with van der Waals surface area (Å²) < 4.78 is 1.79. The number of hydrogen-bond donors (Lipinski definition) is 0. The summed E-state index contributed by atoms with van der Waals surface area (Å²) in [6.45, 7) is 6.40. The summed E-state index contributed by atoms with van der Waals surface area (Å²) in [6.07, 6.45) is 3.70. The maximum atomic E-state index is 6.11. The molecule has 0 spiro atoms. The molecule has 0 radical (unpaired) electrons. The van der Waals surface area contributed by atoms with Gasteiger partial charge in [-0.2, -0.15) is 5.10 Å². The third kappa shape index (κ3) is 3.32. The molecule has 2 heterocycles. The lowest BCUT2D eigenvalue weighted by molar-refractivity contribution is 0.634. The minimum absolute atomic E-state index is 0.492. The van der Waals surface area contributed by atoms with Crippen molar-refractivity contribution < 1.29 is 0 Å². The molecule has 2 aromatic heterocycles. The number of nitrogens with zero attached hydrogens (tertiary/aromatic N) is 4. The van der Waals surface area contributed by atoms with Crippen LogP contribution < -0.4 is 0 Å². The number of hydrogen-bond acceptors (Lipinski definition) is 3. The van der Waals surface area contributed by atoms with Crippen molar-refractivity contribution in [2.24, 2.45) is 13.0 Å². The van der Waals surface area contributed by atoms with E-state index in [2.05, 4.69) is 35.8 Å². The standard InChI is InChI=1S/C14H19ClN4/c1-5-12-11(8-19(4)18-12)14-16-10(6-9(2)3)7-13(15)17-14/h7-9H,5-6H2,1-4H3. The highest BCUT2D eigenvalue weighted by molar-refractivity contribution is 6.29. The Hall–Kier alpha value is -1.42. The molecule has 0 atom stereocenters. The summed E-state index contributed by atoms with van der Waals surface area (Å²) in [5, 5.41) is 4.91. The van der Waals surface area contributed by atoms with Crippen LogP contribution >= 0.6 is 11.6 Å². The van der Waals surface area contributed by atoms with E-state index >= 15 is 0 Å². The SMILES string of the molecule is CCc1nn(C)cc1-c1nc(Cl)cc(CC(C)C)n1. The van der Waals surface area contributed by atoms with Crippen LogP contribution in [0.2, 0.25) is 5.15 Å². The molecule has 5 heteroatoms. The van der Waals surface area contributed by atoms with Crippen molar-refractivity contribution in [3.05, 3.63) is 28.8 Å². The fraction of sp³-hybridized carbons (Fsp3) is 0.500. The zero-order valence-corrected chi connectivity index (χ0v) is 12.6. The smallest absolute Gasteiger partial charge is 0.164 e. The number of aromatic nitrogens is 4. The van der Waals surface area contributed by atoms with Crippen LogP contribution in [0.3, 0.4) is 0 Å². The molecule has 0 saturated carbocycles. The van der Waals surface area contributed by atoms with Crippen molar-refractivity contribution in [2.45, 2.75) is 33.6 Å². The summed E-state index contributed by atoms with van der Waals surface area (Å²) in [5.41, 5.74) is 2.95. The van der Waals surface area contributed by atoms with Gasteiger partial charge in [0.05, 0.1) is 11.3 Å². The second-order valence-corrected chi connectivity index (χ2v) is 5.51. The van der Waals surface area contributed by atoms with Gasteiger partial charge in [0.15, 0.2) is 5.82 Å². The van der Waals surface area contributed by atoms with E-state index in [4.69, 9.17) is 11.6 Å². The van der Waals surface area contributed by atoms with E-state index in [1.54, 1.807) is 4.68 Å². The Morgan fingerprint density at radius 1 is 1.32 bits per heavy atom. The highest BCUT2D eigenvalue weighted by Crippen LogP contribution is 2.22. The van der Waals surface area contributed by atoms with E-state index in [0.717, 1.165) is 29.8 Å². The molecule has 2 rings (SSSR count). The summed E-state index contributed by atoms with van der Waals surface area (Å²) in [7, 11) is 1.90. The Bertz CT molecular complexity index is 575. The lowest BCUT2D eigenvalue weighted by Gasteiger charge is -2.07. The molecule has 0 unspecified atom stereocenters. The lowest BCUT2D eigenvalue weighted by Crippen LogP contribution is -2.01. The second kappa shape index (κ2) is 5.70. The van der Waals surface area contributed by atoms with Crippen LogP contribution in [0.5, 0.6) is 0 Å². The van der Waals surface area contributed by atoms with E-state index in [0.29, 0.717) is 16.9 Å². The summed E-state index contributed by atoms with van der Waals surface area (Å²) in [6, 6.07) is 1.84. The van der Waals surface area contributed by atoms with Gasteiger partial charge < -0.3 is 0 Å². The van der Waals surface area contributed by atoms with Crippen LogP contribution in [0.25, 0.3) is 11.4 Å². The quantitative estimate of drug-likeness (QED) is 0.806. The first-order valence-corrected chi connectivity index (χ1v) is 6.93. The van der Waals surface area contributed by atoms with E-state index in [1.165, 1.54) is 0 Å². The highest BCUT2D eigenvalue weighted by atomic mass is 35.5. The van der Waals surface area contributed by atoms with Crippen molar-refractivity contribution >= 4 is 11.6 Å². The zero-order chi connectivity index (χ0) is 14.0. The van der Waals surface area contributed by atoms with Gasteiger partial charge in [0, 0.05) is 18.9 Å². The van der Waals surface area contributed by atoms with Crippen LogP contribution in [-0.4, -0.2) is 19.7 Å². The average Bonchev–Trinajstić information content (AvgIpc) is 2.68. The van der Waals surface area contributed by atoms with Crippen molar-refractivity contribution in [1.82, 2.24) is 19.7 Å². The van der Waals surface area contributed by atoms with Gasteiger partial charge in [0.2, 0.25) is 0 Å². The highest BCUT2D eigenvalue weighted by Gasteiger charge is 2.13. The van der Waals surface area contributed by atoms with Gasteiger partial charge in [-0.15, -0.1) is 0 Å². The number of halogens is 1. The molecule has 0 bridgehead atoms. The second-order valence-electron chi connectivity index (χ2n) is 5.12. The minimum atomic E-state index is 0.492. The Balaban J connectivity index is 2.46. The van der Waals surface area contributed by atoms with Gasteiger partial charge in [-0.05, 0) is 24.8 Å². The van der Waals surface area contributed by atoms with E-state index in [9.17, 15) is 0 Å². The summed E-state index contributed by atoms with van der Waals surface area (Å²) in [4.78, 5) is 8.95. The van der Waals surface area contributed by atoms with Crippen LogP contribution in [0.1, 0.15) is 32.2 Å². The third-order valence-electron chi connectivity index (χ3n) is 2.85. The van der Waals surface area contributed by atoms with Crippen LogP contribution in [0.4, 0.5) is 0 Å². The van der Waals surface area contributed by atoms with Gasteiger partial charge in [0.1, 0.15) is 5.15 Å². The first kappa shape index (κ1) is 14.0. The van der Waals surface area contributed by atoms with Crippen molar-refractivity contribution in [3.63, 3.8) is 0 Å². The molecule has 0 N–H and O–H groups in total. The number of rotatable bonds is 4. The fourth-order valence-corrected chi connectivity index (χ4v) is 2.30. The van der Waals surface area contributed by atoms with Gasteiger partial charge in [-0.3, -0.25) is 4.68 Å². The Morgan fingerprint density at radius 3 is 2.68 bits per heavy atom. The molecule has 0 saturated heterocycles. The molecule has 0 amide bonds. The molecule has 2 aromatic rings. The van der Waals surface area contributed by atoms with Crippen molar-refractivity contribution in [1.29, 1.82) is 0 Å². The van der Waals surface area contributed by atoms with Gasteiger partial charge in [0.25, 0.3) is 0 Å². The monoisotopic (exact) mass is 278 g/mol. The van der Waals surface area contributed by atoms with Crippen molar-refractivity contribution in [2.75, 3.05) is 0 Å². The Kier molecular flexibility index (Phi) is 4.20. The van der Waals surface area contributed by atoms with Gasteiger partial charge in [-0.25, -0.2) is 9.97 Å². The maximum absolute atomic E-state index is 6.11. The van der Waals surface area contributed by atoms with E-state index in [-0.39, 0.29) is 0 Å². The van der Waals surface area contributed by atoms with Gasteiger partial charge in [-0.1, -0.05) is 32.4 Å². The van der Waals surface area contributed by atoms with Gasteiger partial charge >= 0.3 is 0 Å². The Labute approximate surface area is 118 Å². The molecule has 0 aromatic carbocycles. The van der Waals surface area contributed by atoms with Crippen LogP contribution in [-0.2, 0) is 19.9 Å². The molecule has 102 valence electrons. The predicted molar refractivity (Wildman–Crippen MR) is 77.2 cm³/mol. The topological polar surface area (TPSA) is 43.6 Å². The minimum Gasteiger partial charge on any atom is -0.275 e. The third-order valence-corrected chi connectivity index (χ3v) is 3.04. The molecule has 0 aliphatic carbocycles. The van der Waals surface area contributed by atoms with Crippen molar-refractivity contribution in [3.8, 4) is 11.4 Å². The molecule has 19 heavy (non-hydrogen) atoms. The molecule has 0 fully saturated rings. The van der Waals surface area contributed by atoms with Crippen LogP contribution in [0.15, 0.2) is 12.3 Å².